The minimum absolute atomic E-state index is 0.627. The summed E-state index contributed by atoms with van der Waals surface area (Å²) < 4.78 is 5.70. The number of benzene rings is 2. The third-order valence-corrected chi connectivity index (χ3v) is 2.39. The van der Waals surface area contributed by atoms with Gasteiger partial charge in [-0.2, -0.15) is 5.26 Å². The molecular weight excluding hydrogens is 212 g/mol. The zero-order chi connectivity index (χ0) is 12.3. The van der Waals surface area contributed by atoms with Crippen LogP contribution in [0.15, 0.2) is 42.5 Å². The van der Waals surface area contributed by atoms with Crippen molar-refractivity contribution in [2.75, 3.05) is 5.73 Å². The molecule has 3 nitrogen and oxygen atoms in total. The lowest BCUT2D eigenvalue weighted by molar-refractivity contribution is 0.479. The molecule has 2 aromatic carbocycles. The van der Waals surface area contributed by atoms with E-state index >= 15 is 0 Å². The Balaban J connectivity index is 2.28. The fourth-order valence-corrected chi connectivity index (χ4v) is 1.54. The largest absolute Gasteiger partial charge is 0.457 e. The minimum Gasteiger partial charge on any atom is -0.457 e. The van der Waals surface area contributed by atoms with Crippen LogP contribution < -0.4 is 10.5 Å². The van der Waals surface area contributed by atoms with E-state index in [1.165, 1.54) is 0 Å². The second kappa shape index (κ2) is 4.58. The highest BCUT2D eigenvalue weighted by Crippen LogP contribution is 2.26. The van der Waals surface area contributed by atoms with Gasteiger partial charge in [0, 0.05) is 11.8 Å². The summed E-state index contributed by atoms with van der Waals surface area (Å²) in [5.74, 6) is 1.42. The van der Waals surface area contributed by atoms with E-state index in [9.17, 15) is 0 Å². The Bertz CT molecular complexity index is 585. The van der Waals surface area contributed by atoms with Gasteiger partial charge in [0.1, 0.15) is 11.5 Å². The first kappa shape index (κ1) is 11.0. The van der Waals surface area contributed by atoms with Crippen LogP contribution in [0.1, 0.15) is 11.1 Å². The topological polar surface area (TPSA) is 59.0 Å². The summed E-state index contributed by atoms with van der Waals surface area (Å²) in [6.07, 6.45) is 0. The van der Waals surface area contributed by atoms with Crippen LogP contribution in [-0.4, -0.2) is 0 Å². The molecule has 0 fully saturated rings. The van der Waals surface area contributed by atoms with E-state index in [1.807, 2.05) is 19.1 Å². The first-order valence-corrected chi connectivity index (χ1v) is 5.23. The maximum Gasteiger partial charge on any atom is 0.130 e. The zero-order valence-electron chi connectivity index (χ0n) is 9.47. The summed E-state index contributed by atoms with van der Waals surface area (Å²) in [6.45, 7) is 1.91. The molecule has 84 valence electrons. The summed E-state index contributed by atoms with van der Waals surface area (Å²) in [4.78, 5) is 0. The van der Waals surface area contributed by atoms with E-state index < -0.39 is 0 Å². The highest BCUT2D eigenvalue weighted by atomic mass is 16.5. The predicted octanol–water partition coefficient (Wildman–Crippen LogP) is 3.24. The highest BCUT2D eigenvalue weighted by Gasteiger charge is 2.02. The fraction of sp³-hybridized carbons (Fsp3) is 0.0714. The first-order chi connectivity index (χ1) is 8.19. The Hall–Kier alpha value is -2.47. The quantitative estimate of drug-likeness (QED) is 0.796. The Morgan fingerprint density at radius 1 is 1.18 bits per heavy atom. The van der Waals surface area contributed by atoms with Crippen LogP contribution >= 0.6 is 0 Å². The molecule has 0 aliphatic rings. The third kappa shape index (κ3) is 2.56. The van der Waals surface area contributed by atoms with E-state index in [2.05, 4.69) is 6.07 Å². The van der Waals surface area contributed by atoms with E-state index in [4.69, 9.17) is 15.7 Å². The molecule has 0 aromatic heterocycles. The molecule has 0 saturated carbocycles. The van der Waals surface area contributed by atoms with Gasteiger partial charge < -0.3 is 10.5 Å². The van der Waals surface area contributed by atoms with Gasteiger partial charge in [-0.05, 0) is 42.8 Å². The van der Waals surface area contributed by atoms with Crippen molar-refractivity contribution < 1.29 is 4.74 Å². The smallest absolute Gasteiger partial charge is 0.130 e. The number of nitrogens with zero attached hydrogens (tertiary/aromatic N) is 1. The molecule has 0 bridgehead atoms. The molecule has 17 heavy (non-hydrogen) atoms. The van der Waals surface area contributed by atoms with E-state index in [1.54, 1.807) is 30.3 Å². The van der Waals surface area contributed by atoms with Crippen LogP contribution in [0.2, 0.25) is 0 Å². The van der Waals surface area contributed by atoms with Crippen LogP contribution in [0, 0.1) is 18.3 Å². The summed E-state index contributed by atoms with van der Waals surface area (Å²) in [5, 5.41) is 8.77. The molecule has 0 radical (unpaired) electrons. The van der Waals surface area contributed by atoms with Gasteiger partial charge in [-0.25, -0.2) is 0 Å². The lowest BCUT2D eigenvalue weighted by atomic mass is 10.1. The maximum absolute atomic E-state index is 8.77. The van der Waals surface area contributed by atoms with Gasteiger partial charge in [0.25, 0.3) is 0 Å². The summed E-state index contributed by atoms with van der Waals surface area (Å²) >= 11 is 0. The van der Waals surface area contributed by atoms with Gasteiger partial charge in [0.2, 0.25) is 0 Å². The lowest BCUT2D eigenvalue weighted by Crippen LogP contribution is -1.90. The SMILES string of the molecule is Cc1cc(C#N)ccc1Oc1cccc(N)c1. The van der Waals surface area contributed by atoms with Crippen LogP contribution in [0.25, 0.3) is 0 Å². The number of rotatable bonds is 2. The molecule has 0 heterocycles. The average molecular weight is 224 g/mol. The Labute approximate surface area is 100 Å². The molecule has 2 aromatic rings. The fourth-order valence-electron chi connectivity index (χ4n) is 1.54. The molecule has 0 aliphatic heterocycles. The van der Waals surface area contributed by atoms with Crippen LogP contribution in [0.5, 0.6) is 11.5 Å². The second-order valence-corrected chi connectivity index (χ2v) is 3.77. The van der Waals surface area contributed by atoms with Gasteiger partial charge in [-0.1, -0.05) is 6.07 Å². The number of nitriles is 1. The second-order valence-electron chi connectivity index (χ2n) is 3.77. The molecular formula is C14H12N2O. The van der Waals surface area contributed by atoms with E-state index in [-0.39, 0.29) is 0 Å². The van der Waals surface area contributed by atoms with Crippen molar-refractivity contribution in [2.24, 2.45) is 0 Å². The highest BCUT2D eigenvalue weighted by molar-refractivity contribution is 5.47. The van der Waals surface area contributed by atoms with Crippen molar-refractivity contribution in [3.8, 4) is 17.6 Å². The minimum atomic E-state index is 0.627. The van der Waals surface area contributed by atoms with E-state index in [0.29, 0.717) is 17.0 Å². The van der Waals surface area contributed by atoms with Crippen molar-refractivity contribution in [1.29, 1.82) is 5.26 Å². The molecule has 0 unspecified atom stereocenters. The number of aryl methyl sites for hydroxylation is 1. The number of hydrogen-bond acceptors (Lipinski definition) is 3. The number of hydrogen-bond donors (Lipinski definition) is 1. The number of nitrogen functional groups attached to an aromatic ring is 1. The standard InChI is InChI=1S/C14H12N2O/c1-10-7-11(9-15)5-6-14(10)17-13-4-2-3-12(16)8-13/h2-8H,16H2,1H3. The average Bonchev–Trinajstić information content (AvgIpc) is 2.32. The Morgan fingerprint density at radius 3 is 2.65 bits per heavy atom. The Kier molecular flexibility index (Phi) is 2.97. The monoisotopic (exact) mass is 224 g/mol. The Morgan fingerprint density at radius 2 is 2.00 bits per heavy atom. The van der Waals surface area contributed by atoms with Crippen molar-refractivity contribution in [3.63, 3.8) is 0 Å². The van der Waals surface area contributed by atoms with Crippen molar-refractivity contribution in [1.82, 2.24) is 0 Å². The van der Waals surface area contributed by atoms with Crippen molar-refractivity contribution >= 4 is 5.69 Å². The van der Waals surface area contributed by atoms with Gasteiger partial charge in [0.15, 0.2) is 0 Å². The van der Waals surface area contributed by atoms with Crippen molar-refractivity contribution in [2.45, 2.75) is 6.92 Å². The van der Waals surface area contributed by atoms with Gasteiger partial charge in [0.05, 0.1) is 11.6 Å². The molecule has 0 saturated heterocycles. The van der Waals surface area contributed by atoms with Crippen LogP contribution in [-0.2, 0) is 0 Å². The van der Waals surface area contributed by atoms with Crippen LogP contribution in [0.3, 0.4) is 0 Å². The number of ether oxygens (including phenoxy) is 1. The van der Waals surface area contributed by atoms with Gasteiger partial charge in [-0.3, -0.25) is 0 Å². The third-order valence-electron chi connectivity index (χ3n) is 2.39. The molecule has 2 N–H and O–H groups in total. The summed E-state index contributed by atoms with van der Waals surface area (Å²) in [5.41, 5.74) is 7.88. The molecule has 0 atom stereocenters. The normalized spacial score (nSPS) is 9.65. The maximum atomic E-state index is 8.77. The summed E-state index contributed by atoms with van der Waals surface area (Å²) in [7, 11) is 0. The zero-order valence-corrected chi connectivity index (χ0v) is 9.47. The first-order valence-electron chi connectivity index (χ1n) is 5.23. The molecule has 2 rings (SSSR count). The summed E-state index contributed by atoms with van der Waals surface area (Å²) in [6, 6.07) is 14.6. The van der Waals surface area contributed by atoms with Gasteiger partial charge >= 0.3 is 0 Å². The molecule has 3 heteroatoms. The van der Waals surface area contributed by atoms with Gasteiger partial charge in [-0.15, -0.1) is 0 Å². The lowest BCUT2D eigenvalue weighted by Gasteiger charge is -2.09. The molecule has 0 amide bonds. The van der Waals surface area contributed by atoms with Crippen molar-refractivity contribution in [3.05, 3.63) is 53.6 Å². The number of anilines is 1. The van der Waals surface area contributed by atoms with E-state index in [0.717, 1.165) is 11.3 Å². The molecule has 0 spiro atoms. The van der Waals surface area contributed by atoms with Crippen LogP contribution in [0.4, 0.5) is 5.69 Å². The number of nitrogens with two attached hydrogens (primary N) is 1. The molecule has 0 aliphatic carbocycles. The predicted molar refractivity (Wildman–Crippen MR) is 66.8 cm³/mol.